The third-order valence-electron chi connectivity index (χ3n) is 0.937. The van der Waals surface area contributed by atoms with Gasteiger partial charge in [0.2, 0.25) is 5.91 Å². The second-order valence-corrected chi connectivity index (χ2v) is 2.75. The molecule has 3 nitrogen and oxygen atoms in total. The molecule has 0 aliphatic carbocycles. The highest BCUT2D eigenvalue weighted by Crippen LogP contribution is 2.08. The number of nitrogens with one attached hydrogen (secondary N) is 1. The van der Waals surface area contributed by atoms with Gasteiger partial charge in [-0.15, -0.1) is 0 Å². The second kappa shape index (κ2) is 3.98. The van der Waals surface area contributed by atoms with E-state index in [4.69, 9.17) is 0 Å². The molecule has 4 heteroatoms. The Bertz CT molecular complexity index is 237. The van der Waals surface area contributed by atoms with Crippen LogP contribution >= 0.6 is 11.9 Å². The molecule has 11 heavy (non-hydrogen) atoms. The Morgan fingerprint density at radius 1 is 1.64 bits per heavy atom. The van der Waals surface area contributed by atoms with E-state index in [2.05, 4.69) is 9.71 Å². The van der Waals surface area contributed by atoms with Gasteiger partial charge >= 0.3 is 0 Å². The van der Waals surface area contributed by atoms with Gasteiger partial charge in [-0.25, -0.2) is 4.98 Å². The van der Waals surface area contributed by atoms with Gasteiger partial charge < -0.3 is 0 Å². The molecule has 0 spiro atoms. The minimum absolute atomic E-state index is 0.0688. The maximum Gasteiger partial charge on any atom is 0.226 e. The first-order valence-corrected chi connectivity index (χ1v) is 3.95. The summed E-state index contributed by atoms with van der Waals surface area (Å²) < 4.78 is 2.58. The van der Waals surface area contributed by atoms with Gasteiger partial charge in [-0.3, -0.25) is 9.52 Å². The highest BCUT2D eigenvalue weighted by molar-refractivity contribution is 7.97. The Labute approximate surface area is 69.4 Å². The molecule has 58 valence electrons. The van der Waals surface area contributed by atoms with Crippen LogP contribution in [0.25, 0.3) is 0 Å². The molecule has 0 fully saturated rings. The fraction of sp³-hybridized carbons (Fsp3) is 0.143. The first-order valence-electron chi connectivity index (χ1n) is 3.13. The number of hydrogen-bond donors (Lipinski definition) is 1. The van der Waals surface area contributed by atoms with Crippen molar-refractivity contribution in [1.29, 1.82) is 0 Å². The third-order valence-corrected chi connectivity index (χ3v) is 1.78. The summed E-state index contributed by atoms with van der Waals surface area (Å²) in [7, 11) is 0. The van der Waals surface area contributed by atoms with E-state index >= 15 is 0 Å². The summed E-state index contributed by atoms with van der Waals surface area (Å²) in [6.45, 7) is 1.47. The summed E-state index contributed by atoms with van der Waals surface area (Å²) in [5, 5.41) is 0.794. The summed E-state index contributed by atoms with van der Waals surface area (Å²) >= 11 is 1.22. The topological polar surface area (TPSA) is 42.0 Å². The maximum atomic E-state index is 10.5. The van der Waals surface area contributed by atoms with Crippen LogP contribution in [0.1, 0.15) is 6.92 Å². The van der Waals surface area contributed by atoms with Crippen molar-refractivity contribution in [2.45, 2.75) is 11.9 Å². The number of pyridine rings is 1. The molecule has 1 heterocycles. The van der Waals surface area contributed by atoms with Crippen LogP contribution < -0.4 is 4.72 Å². The minimum atomic E-state index is -0.0688. The summed E-state index contributed by atoms with van der Waals surface area (Å²) in [4.78, 5) is 14.5. The third kappa shape index (κ3) is 3.04. The standard InChI is InChI=1S/C7H8N2OS/c1-6(10)9-11-7-4-2-3-5-8-7/h2-5H,1H3,(H,9,10). The average molecular weight is 168 g/mol. The largest absolute Gasteiger partial charge is 0.295 e. The lowest BCUT2D eigenvalue weighted by Gasteiger charge is -1.97. The monoisotopic (exact) mass is 168 g/mol. The molecule has 0 saturated heterocycles. The average Bonchev–Trinajstić information content (AvgIpc) is 2.03. The second-order valence-electron chi connectivity index (χ2n) is 1.93. The lowest BCUT2D eigenvalue weighted by Crippen LogP contribution is -2.09. The van der Waals surface area contributed by atoms with Gasteiger partial charge in [0.1, 0.15) is 5.03 Å². The van der Waals surface area contributed by atoms with Gasteiger partial charge in [0.25, 0.3) is 0 Å². The van der Waals surface area contributed by atoms with Crippen molar-refractivity contribution < 1.29 is 4.79 Å². The lowest BCUT2D eigenvalue weighted by molar-refractivity contribution is -0.117. The van der Waals surface area contributed by atoms with E-state index in [-0.39, 0.29) is 5.91 Å². The fourth-order valence-corrected chi connectivity index (χ4v) is 1.04. The van der Waals surface area contributed by atoms with Gasteiger partial charge in [0, 0.05) is 25.1 Å². The summed E-state index contributed by atoms with van der Waals surface area (Å²) in [5.74, 6) is -0.0688. The number of aromatic nitrogens is 1. The predicted octanol–water partition coefficient (Wildman–Crippen LogP) is 1.22. The quantitative estimate of drug-likeness (QED) is 0.675. The zero-order chi connectivity index (χ0) is 8.10. The molecular formula is C7H8N2OS. The van der Waals surface area contributed by atoms with Crippen molar-refractivity contribution >= 4 is 17.9 Å². The van der Waals surface area contributed by atoms with Crippen LogP contribution in [0.2, 0.25) is 0 Å². The normalized spacial score (nSPS) is 9.18. The molecule has 1 rings (SSSR count). The van der Waals surface area contributed by atoms with Crippen LogP contribution in [0.3, 0.4) is 0 Å². The van der Waals surface area contributed by atoms with Crippen molar-refractivity contribution in [3.05, 3.63) is 24.4 Å². The molecule has 0 aliphatic rings. The Morgan fingerprint density at radius 3 is 3.00 bits per heavy atom. The molecule has 0 aromatic carbocycles. The predicted molar refractivity (Wildman–Crippen MR) is 43.9 cm³/mol. The maximum absolute atomic E-state index is 10.5. The van der Waals surface area contributed by atoms with Gasteiger partial charge in [-0.2, -0.15) is 0 Å². The first-order chi connectivity index (χ1) is 5.29. The Morgan fingerprint density at radius 2 is 2.45 bits per heavy atom. The smallest absolute Gasteiger partial charge is 0.226 e. The van der Waals surface area contributed by atoms with Gasteiger partial charge in [0.15, 0.2) is 0 Å². The number of carbonyl (C=O) groups excluding carboxylic acids is 1. The van der Waals surface area contributed by atoms with Crippen LogP contribution in [-0.4, -0.2) is 10.9 Å². The fourth-order valence-electron chi connectivity index (χ4n) is 0.532. The molecule has 1 aromatic heterocycles. The number of amides is 1. The van der Waals surface area contributed by atoms with Crippen LogP contribution in [-0.2, 0) is 4.79 Å². The highest BCUT2D eigenvalue weighted by atomic mass is 32.2. The first kappa shape index (κ1) is 8.07. The zero-order valence-electron chi connectivity index (χ0n) is 6.07. The lowest BCUT2D eigenvalue weighted by atomic mass is 10.5. The van der Waals surface area contributed by atoms with Crippen molar-refractivity contribution in [2.75, 3.05) is 0 Å². The molecule has 0 aliphatic heterocycles. The molecule has 0 atom stereocenters. The molecule has 1 aromatic rings. The summed E-state index contributed by atoms with van der Waals surface area (Å²) in [6.07, 6.45) is 1.68. The van der Waals surface area contributed by atoms with E-state index in [1.165, 1.54) is 18.9 Å². The van der Waals surface area contributed by atoms with Gasteiger partial charge in [-0.1, -0.05) is 6.07 Å². The van der Waals surface area contributed by atoms with E-state index in [0.29, 0.717) is 0 Å². The van der Waals surface area contributed by atoms with Crippen molar-refractivity contribution in [3.63, 3.8) is 0 Å². The van der Waals surface area contributed by atoms with Crippen molar-refractivity contribution in [1.82, 2.24) is 9.71 Å². The summed E-state index contributed by atoms with van der Waals surface area (Å²) in [6, 6.07) is 5.54. The number of hydrogen-bond acceptors (Lipinski definition) is 3. The highest BCUT2D eigenvalue weighted by Gasteiger charge is 1.93. The van der Waals surface area contributed by atoms with E-state index in [9.17, 15) is 4.79 Å². The SMILES string of the molecule is CC(=O)NSc1ccccn1. The molecule has 1 N–H and O–H groups in total. The number of nitrogens with zero attached hydrogens (tertiary/aromatic N) is 1. The number of carbonyl (C=O) groups is 1. The van der Waals surface area contributed by atoms with Crippen LogP contribution in [0.4, 0.5) is 0 Å². The van der Waals surface area contributed by atoms with E-state index in [1.54, 1.807) is 6.20 Å². The van der Waals surface area contributed by atoms with E-state index in [0.717, 1.165) is 5.03 Å². The van der Waals surface area contributed by atoms with Crippen LogP contribution in [0.15, 0.2) is 29.4 Å². The van der Waals surface area contributed by atoms with Crippen LogP contribution in [0, 0.1) is 0 Å². The van der Waals surface area contributed by atoms with E-state index < -0.39 is 0 Å². The Balaban J connectivity index is 2.45. The molecule has 0 bridgehead atoms. The molecule has 1 amide bonds. The molecule has 0 unspecified atom stereocenters. The van der Waals surface area contributed by atoms with E-state index in [1.807, 2.05) is 18.2 Å². The zero-order valence-corrected chi connectivity index (χ0v) is 6.89. The van der Waals surface area contributed by atoms with Crippen molar-refractivity contribution in [3.8, 4) is 0 Å². The molecule has 0 saturated carbocycles. The number of rotatable bonds is 2. The minimum Gasteiger partial charge on any atom is -0.295 e. The Kier molecular flexibility index (Phi) is 2.92. The van der Waals surface area contributed by atoms with Crippen molar-refractivity contribution in [2.24, 2.45) is 0 Å². The van der Waals surface area contributed by atoms with Crippen LogP contribution in [0.5, 0.6) is 0 Å². The van der Waals surface area contributed by atoms with Gasteiger partial charge in [-0.05, 0) is 12.1 Å². The summed E-state index contributed by atoms with van der Waals surface area (Å²) in [5.41, 5.74) is 0. The Hall–Kier alpha value is -1.03. The van der Waals surface area contributed by atoms with Gasteiger partial charge in [0.05, 0.1) is 0 Å². The molecule has 0 radical (unpaired) electrons. The molecular weight excluding hydrogens is 160 g/mol.